The second-order valence-electron chi connectivity index (χ2n) is 3.47. The SMILES string of the molecule is CC(=NC#N)N(C)Cc1cc(F)c(Cl)cc1F. The van der Waals surface area contributed by atoms with E-state index in [1.54, 1.807) is 20.2 Å². The molecule has 0 bridgehead atoms. The van der Waals surface area contributed by atoms with Gasteiger partial charge in [-0.25, -0.2) is 8.78 Å². The summed E-state index contributed by atoms with van der Waals surface area (Å²) in [5.74, 6) is -0.846. The Balaban J connectivity index is 2.93. The lowest BCUT2D eigenvalue weighted by Crippen LogP contribution is -2.24. The third-order valence-corrected chi connectivity index (χ3v) is 2.55. The molecule has 0 atom stereocenters. The van der Waals surface area contributed by atoms with Gasteiger partial charge in [-0.2, -0.15) is 10.3 Å². The molecule has 0 heterocycles. The molecule has 0 aliphatic heterocycles. The monoisotopic (exact) mass is 257 g/mol. The van der Waals surface area contributed by atoms with Crippen LogP contribution in [0.2, 0.25) is 5.02 Å². The number of hydrogen-bond donors (Lipinski definition) is 0. The Morgan fingerprint density at radius 3 is 2.71 bits per heavy atom. The quantitative estimate of drug-likeness (QED) is 0.354. The predicted octanol–water partition coefficient (Wildman–Crippen LogP) is 2.95. The van der Waals surface area contributed by atoms with Gasteiger partial charge in [-0.3, -0.25) is 0 Å². The molecule has 3 nitrogen and oxygen atoms in total. The van der Waals surface area contributed by atoms with Crippen molar-refractivity contribution in [1.82, 2.24) is 4.90 Å². The zero-order valence-electron chi connectivity index (χ0n) is 9.34. The summed E-state index contributed by atoms with van der Waals surface area (Å²) in [4.78, 5) is 5.03. The van der Waals surface area contributed by atoms with Crippen molar-refractivity contribution in [2.24, 2.45) is 4.99 Å². The summed E-state index contributed by atoms with van der Waals surface area (Å²) in [5.41, 5.74) is 0.155. The van der Waals surface area contributed by atoms with Gasteiger partial charge < -0.3 is 4.90 Å². The van der Waals surface area contributed by atoms with Gasteiger partial charge in [0.1, 0.15) is 17.5 Å². The van der Waals surface area contributed by atoms with Gasteiger partial charge in [-0.05, 0) is 19.1 Å². The van der Waals surface area contributed by atoms with Crippen LogP contribution < -0.4 is 0 Å². The standard InChI is InChI=1S/C11H10ClF2N3/c1-7(16-6-15)17(2)5-8-3-11(14)9(12)4-10(8)13/h3-4H,5H2,1-2H3. The summed E-state index contributed by atoms with van der Waals surface area (Å²) in [5, 5.41) is 8.12. The summed E-state index contributed by atoms with van der Waals surface area (Å²) in [6, 6.07) is 1.96. The summed E-state index contributed by atoms with van der Waals surface area (Å²) in [6.45, 7) is 1.71. The van der Waals surface area contributed by atoms with E-state index in [2.05, 4.69) is 4.99 Å². The van der Waals surface area contributed by atoms with Crippen molar-refractivity contribution in [3.8, 4) is 6.19 Å². The molecule has 1 rings (SSSR count). The predicted molar refractivity (Wildman–Crippen MR) is 61.6 cm³/mol. The maximum absolute atomic E-state index is 13.5. The Bertz CT molecular complexity index is 494. The van der Waals surface area contributed by atoms with E-state index < -0.39 is 11.6 Å². The largest absolute Gasteiger partial charge is 0.358 e. The van der Waals surface area contributed by atoms with Gasteiger partial charge in [0.25, 0.3) is 0 Å². The van der Waals surface area contributed by atoms with E-state index in [4.69, 9.17) is 16.9 Å². The Morgan fingerprint density at radius 2 is 2.12 bits per heavy atom. The molecule has 0 fully saturated rings. The number of nitrogens with zero attached hydrogens (tertiary/aromatic N) is 3. The van der Waals surface area contributed by atoms with Crippen LogP contribution in [0.3, 0.4) is 0 Å². The summed E-state index contributed by atoms with van der Waals surface area (Å²) < 4.78 is 26.6. The smallest absolute Gasteiger partial charge is 0.207 e. The number of aliphatic imine (C=N–C) groups is 1. The lowest BCUT2D eigenvalue weighted by molar-refractivity contribution is 0.473. The second-order valence-corrected chi connectivity index (χ2v) is 3.88. The lowest BCUT2D eigenvalue weighted by Gasteiger charge is -2.18. The molecule has 0 aliphatic carbocycles. The lowest BCUT2D eigenvalue weighted by atomic mass is 10.2. The highest BCUT2D eigenvalue weighted by Crippen LogP contribution is 2.20. The minimum Gasteiger partial charge on any atom is -0.358 e. The van der Waals surface area contributed by atoms with Gasteiger partial charge in [-0.1, -0.05) is 11.6 Å². The first-order chi connectivity index (χ1) is 7.95. The average Bonchev–Trinajstić information content (AvgIpc) is 2.26. The first-order valence-corrected chi connectivity index (χ1v) is 5.11. The van der Waals surface area contributed by atoms with E-state index in [0.29, 0.717) is 5.84 Å². The molecule has 0 radical (unpaired) electrons. The van der Waals surface area contributed by atoms with Crippen LogP contribution in [0, 0.1) is 23.1 Å². The van der Waals surface area contributed by atoms with Gasteiger partial charge in [-0.15, -0.1) is 0 Å². The van der Waals surface area contributed by atoms with Crippen molar-refractivity contribution in [2.45, 2.75) is 13.5 Å². The van der Waals surface area contributed by atoms with Crippen molar-refractivity contribution in [3.05, 3.63) is 34.4 Å². The van der Waals surface area contributed by atoms with Gasteiger partial charge in [0, 0.05) is 19.2 Å². The molecule has 0 aromatic heterocycles. The number of nitriles is 1. The van der Waals surface area contributed by atoms with E-state index in [9.17, 15) is 8.78 Å². The normalized spacial score (nSPS) is 11.2. The van der Waals surface area contributed by atoms with Crippen molar-refractivity contribution in [3.63, 3.8) is 0 Å². The molecule has 1 aromatic carbocycles. The molecule has 0 saturated carbocycles. The molecule has 90 valence electrons. The fraction of sp³-hybridized carbons (Fsp3) is 0.273. The third-order valence-electron chi connectivity index (χ3n) is 2.26. The Morgan fingerprint density at radius 1 is 1.47 bits per heavy atom. The van der Waals surface area contributed by atoms with Crippen molar-refractivity contribution >= 4 is 17.4 Å². The van der Waals surface area contributed by atoms with Gasteiger partial charge in [0.15, 0.2) is 0 Å². The van der Waals surface area contributed by atoms with E-state index in [0.717, 1.165) is 12.1 Å². The van der Waals surface area contributed by atoms with Crippen LogP contribution in [0.15, 0.2) is 17.1 Å². The van der Waals surface area contributed by atoms with Crippen LogP contribution in [0.5, 0.6) is 0 Å². The number of benzene rings is 1. The number of amidine groups is 1. The highest BCUT2D eigenvalue weighted by Gasteiger charge is 2.11. The summed E-state index contributed by atoms with van der Waals surface area (Å²) in [6.07, 6.45) is 1.63. The average molecular weight is 258 g/mol. The molecule has 0 unspecified atom stereocenters. The fourth-order valence-corrected chi connectivity index (χ4v) is 1.36. The minimum absolute atomic E-state index is 0.108. The topological polar surface area (TPSA) is 39.4 Å². The minimum atomic E-state index is -0.675. The Labute approximate surface area is 103 Å². The maximum Gasteiger partial charge on any atom is 0.207 e. The molecule has 0 spiro atoms. The Kier molecular flexibility index (Phi) is 4.41. The van der Waals surface area contributed by atoms with Crippen LogP contribution in [-0.2, 0) is 6.54 Å². The highest BCUT2D eigenvalue weighted by molar-refractivity contribution is 6.30. The van der Waals surface area contributed by atoms with Gasteiger partial charge in [0.2, 0.25) is 6.19 Å². The summed E-state index contributed by atoms with van der Waals surface area (Å²) in [7, 11) is 1.63. The van der Waals surface area contributed by atoms with Crippen molar-refractivity contribution in [1.29, 1.82) is 5.26 Å². The maximum atomic E-state index is 13.5. The first kappa shape index (κ1) is 13.4. The number of hydrogen-bond acceptors (Lipinski definition) is 2. The van der Waals surface area contributed by atoms with Gasteiger partial charge in [0.05, 0.1) is 5.02 Å². The molecule has 17 heavy (non-hydrogen) atoms. The molecule has 0 N–H and O–H groups in total. The third kappa shape index (κ3) is 3.40. The van der Waals surface area contributed by atoms with Crippen LogP contribution >= 0.6 is 11.6 Å². The molecule has 0 amide bonds. The first-order valence-electron chi connectivity index (χ1n) is 4.73. The molecule has 0 saturated heterocycles. The molecule has 0 aliphatic rings. The Hall–Kier alpha value is -1.67. The van der Waals surface area contributed by atoms with Crippen LogP contribution in [0.4, 0.5) is 8.78 Å². The van der Waals surface area contributed by atoms with Crippen LogP contribution in [0.25, 0.3) is 0 Å². The number of rotatable bonds is 2. The van der Waals surface area contributed by atoms with E-state index in [-0.39, 0.29) is 17.1 Å². The van der Waals surface area contributed by atoms with Crippen LogP contribution in [0.1, 0.15) is 12.5 Å². The molecular weight excluding hydrogens is 248 g/mol. The van der Waals surface area contributed by atoms with E-state index in [1.165, 1.54) is 4.90 Å². The summed E-state index contributed by atoms with van der Waals surface area (Å²) >= 11 is 5.44. The van der Waals surface area contributed by atoms with E-state index in [1.807, 2.05) is 0 Å². The second kappa shape index (κ2) is 5.60. The zero-order chi connectivity index (χ0) is 13.0. The molecule has 6 heteroatoms. The molecule has 1 aromatic rings. The highest BCUT2D eigenvalue weighted by atomic mass is 35.5. The number of halogens is 3. The van der Waals surface area contributed by atoms with Crippen molar-refractivity contribution < 1.29 is 8.78 Å². The zero-order valence-corrected chi connectivity index (χ0v) is 10.1. The van der Waals surface area contributed by atoms with Crippen molar-refractivity contribution in [2.75, 3.05) is 7.05 Å². The molecular formula is C11H10ClF2N3. The fourth-order valence-electron chi connectivity index (χ4n) is 1.21. The van der Waals surface area contributed by atoms with Gasteiger partial charge >= 0.3 is 0 Å². The van der Waals surface area contributed by atoms with E-state index >= 15 is 0 Å². The van der Waals surface area contributed by atoms with Crippen LogP contribution in [-0.4, -0.2) is 17.8 Å².